The first-order chi connectivity index (χ1) is 12.8. The maximum Gasteiger partial charge on any atom is 0.433 e. The summed E-state index contributed by atoms with van der Waals surface area (Å²) in [5, 5.41) is 15.7. The van der Waals surface area contributed by atoms with Crippen LogP contribution in [0.2, 0.25) is 0 Å². The highest BCUT2D eigenvalue weighted by molar-refractivity contribution is 6.07. The number of likely N-dealkylation sites (N-methyl/N-ethyl adjacent to an activating group) is 1. The van der Waals surface area contributed by atoms with Gasteiger partial charge in [0.2, 0.25) is 11.9 Å². The lowest BCUT2D eigenvalue weighted by Gasteiger charge is -2.31. The van der Waals surface area contributed by atoms with Crippen molar-refractivity contribution in [3.05, 3.63) is 23.7 Å². The van der Waals surface area contributed by atoms with Crippen LogP contribution in [-0.2, 0) is 11.0 Å². The van der Waals surface area contributed by atoms with Gasteiger partial charge >= 0.3 is 6.18 Å². The monoisotopic (exact) mass is 385 g/mol. The molecule has 0 spiro atoms. The molecule has 0 bridgehead atoms. The highest BCUT2D eigenvalue weighted by Crippen LogP contribution is 2.31. The molecule has 0 aromatic carbocycles. The van der Waals surface area contributed by atoms with Gasteiger partial charge in [-0.3, -0.25) is 4.79 Å². The van der Waals surface area contributed by atoms with E-state index in [1.807, 2.05) is 0 Å². The second-order valence-corrected chi connectivity index (χ2v) is 5.86. The average molecular weight is 385 g/mol. The number of nitrogens with zero attached hydrogens (tertiary/aromatic N) is 3. The lowest BCUT2D eigenvalue weighted by molar-refractivity contribution is -0.141. The molecule has 0 atom stereocenters. The Bertz CT molecular complexity index is 702. The normalized spacial score (nSPS) is 14.5. The van der Waals surface area contributed by atoms with Crippen molar-refractivity contribution < 1.29 is 18.0 Å². The summed E-state index contributed by atoms with van der Waals surface area (Å²) in [5.41, 5.74) is -0.975. The molecular formula is C16H22F3N7O. The van der Waals surface area contributed by atoms with Crippen molar-refractivity contribution in [1.82, 2.24) is 25.9 Å². The Morgan fingerprint density at radius 1 is 1.33 bits per heavy atom. The van der Waals surface area contributed by atoms with E-state index in [9.17, 15) is 18.0 Å². The van der Waals surface area contributed by atoms with Gasteiger partial charge in [0, 0.05) is 44.2 Å². The highest BCUT2D eigenvalue weighted by atomic mass is 19.4. The molecule has 2 heterocycles. The van der Waals surface area contributed by atoms with E-state index in [2.05, 4.69) is 25.9 Å². The molecule has 1 aliphatic heterocycles. The van der Waals surface area contributed by atoms with E-state index in [4.69, 9.17) is 5.41 Å². The van der Waals surface area contributed by atoms with Gasteiger partial charge in [0.05, 0.1) is 12.2 Å². The number of hydrogen-bond donors (Lipinski definition) is 4. The zero-order valence-corrected chi connectivity index (χ0v) is 14.9. The van der Waals surface area contributed by atoms with E-state index in [1.165, 1.54) is 6.20 Å². The van der Waals surface area contributed by atoms with Crippen molar-refractivity contribution >= 4 is 23.6 Å². The van der Waals surface area contributed by atoms with Gasteiger partial charge in [0.15, 0.2) is 5.69 Å². The van der Waals surface area contributed by atoms with E-state index in [-0.39, 0.29) is 29.7 Å². The first-order valence-corrected chi connectivity index (χ1v) is 8.42. The van der Waals surface area contributed by atoms with Crippen LogP contribution < -0.4 is 20.9 Å². The predicted octanol–water partition coefficient (Wildman–Crippen LogP) is 0.621. The van der Waals surface area contributed by atoms with Crippen LogP contribution >= 0.6 is 0 Å². The maximum absolute atomic E-state index is 13.1. The first-order valence-electron chi connectivity index (χ1n) is 8.42. The van der Waals surface area contributed by atoms with Crippen LogP contribution in [-0.4, -0.2) is 61.9 Å². The number of allylic oxidation sites excluding steroid dienone is 1. The van der Waals surface area contributed by atoms with Gasteiger partial charge in [0.25, 0.3) is 0 Å². The lowest BCUT2D eigenvalue weighted by atomic mass is 10.2. The summed E-state index contributed by atoms with van der Waals surface area (Å²) in [7, 11) is 1.76. The number of nitrogens with one attached hydrogen (secondary N) is 4. The Balaban J connectivity index is 2.14. The van der Waals surface area contributed by atoms with Crippen molar-refractivity contribution in [1.29, 1.82) is 5.41 Å². The third-order valence-corrected chi connectivity index (χ3v) is 3.81. The molecule has 2 rings (SSSR count). The lowest BCUT2D eigenvalue weighted by Crippen LogP contribution is -2.39. The average Bonchev–Trinajstić information content (AvgIpc) is 2.56. The number of hydrogen-bond acceptors (Lipinski definition) is 7. The van der Waals surface area contributed by atoms with Gasteiger partial charge in [-0.15, -0.1) is 0 Å². The van der Waals surface area contributed by atoms with E-state index < -0.39 is 11.9 Å². The first kappa shape index (κ1) is 20.6. The number of carbonyl (C=O) groups is 1. The number of aromatic nitrogens is 2. The number of rotatable bonds is 9. The molecule has 1 fully saturated rings. The molecule has 4 N–H and O–H groups in total. The Labute approximate surface area is 154 Å². The number of anilines is 1. The fraction of sp³-hybridized carbons (Fsp3) is 0.500. The minimum absolute atomic E-state index is 0.0105. The van der Waals surface area contributed by atoms with Crippen LogP contribution in [0.4, 0.5) is 19.1 Å². The summed E-state index contributed by atoms with van der Waals surface area (Å²) < 4.78 is 39.4. The summed E-state index contributed by atoms with van der Waals surface area (Å²) in [6.07, 6.45) is -1.57. The molecule has 148 valence electrons. The number of alkyl halides is 3. The standard InChI is InChI=1S/C16H22F3N7O/c1-21-3-4-23-14(27)10-22-9-11(8-20)12-7-13(16(17,18)19)25-15(24-12)26-5-2-6-26/h7-9,20-22H,2-6,10H2,1H3,(H,23,27)/b11-9+,20-8?. The van der Waals surface area contributed by atoms with Gasteiger partial charge in [-0.25, -0.2) is 9.97 Å². The fourth-order valence-corrected chi connectivity index (χ4v) is 2.22. The molecule has 27 heavy (non-hydrogen) atoms. The minimum Gasteiger partial charge on any atom is -0.382 e. The zero-order chi connectivity index (χ0) is 19.9. The Kier molecular flexibility index (Phi) is 7.11. The Morgan fingerprint density at radius 3 is 2.63 bits per heavy atom. The third-order valence-electron chi connectivity index (χ3n) is 3.81. The van der Waals surface area contributed by atoms with Crippen molar-refractivity contribution in [2.75, 3.05) is 44.7 Å². The molecule has 1 aliphatic rings. The Morgan fingerprint density at radius 2 is 2.07 bits per heavy atom. The molecule has 0 radical (unpaired) electrons. The van der Waals surface area contributed by atoms with Gasteiger partial charge < -0.3 is 26.3 Å². The second-order valence-electron chi connectivity index (χ2n) is 5.86. The van der Waals surface area contributed by atoms with Gasteiger partial charge in [0.1, 0.15) is 0 Å². The quantitative estimate of drug-likeness (QED) is 0.367. The van der Waals surface area contributed by atoms with E-state index in [1.54, 1.807) is 11.9 Å². The molecule has 11 heteroatoms. The number of carbonyl (C=O) groups excluding carboxylic acids is 1. The van der Waals surface area contributed by atoms with Crippen molar-refractivity contribution in [3.8, 4) is 0 Å². The van der Waals surface area contributed by atoms with Gasteiger partial charge in [-0.1, -0.05) is 0 Å². The van der Waals surface area contributed by atoms with Crippen LogP contribution in [0.15, 0.2) is 12.3 Å². The summed E-state index contributed by atoms with van der Waals surface area (Å²) in [5.74, 6) is -0.283. The van der Waals surface area contributed by atoms with Crippen LogP contribution in [0.5, 0.6) is 0 Å². The van der Waals surface area contributed by atoms with E-state index >= 15 is 0 Å². The van der Waals surface area contributed by atoms with Gasteiger partial charge in [-0.2, -0.15) is 13.2 Å². The maximum atomic E-state index is 13.1. The third kappa shape index (κ3) is 5.91. The van der Waals surface area contributed by atoms with Crippen LogP contribution in [0.1, 0.15) is 17.8 Å². The molecule has 0 saturated carbocycles. The smallest absolute Gasteiger partial charge is 0.382 e. The predicted molar refractivity (Wildman–Crippen MR) is 95.6 cm³/mol. The summed E-state index contributed by atoms with van der Waals surface area (Å²) >= 11 is 0. The molecule has 1 saturated heterocycles. The van der Waals surface area contributed by atoms with Crippen LogP contribution in [0.25, 0.3) is 5.57 Å². The highest BCUT2D eigenvalue weighted by Gasteiger charge is 2.35. The molecule has 8 nitrogen and oxygen atoms in total. The fourth-order valence-electron chi connectivity index (χ4n) is 2.22. The number of amides is 1. The van der Waals surface area contributed by atoms with Crippen LogP contribution in [0, 0.1) is 5.41 Å². The molecular weight excluding hydrogens is 363 g/mol. The molecule has 1 aromatic heterocycles. The summed E-state index contributed by atoms with van der Waals surface area (Å²) in [6.45, 7) is 2.19. The van der Waals surface area contributed by atoms with Crippen LogP contribution in [0.3, 0.4) is 0 Å². The van der Waals surface area contributed by atoms with E-state index in [0.717, 1.165) is 18.7 Å². The zero-order valence-electron chi connectivity index (χ0n) is 14.9. The molecule has 1 aromatic rings. The minimum atomic E-state index is -4.62. The van der Waals surface area contributed by atoms with Crippen molar-refractivity contribution in [2.24, 2.45) is 0 Å². The molecule has 1 amide bonds. The largest absolute Gasteiger partial charge is 0.433 e. The SMILES string of the molecule is CNCCNC(=O)CN/C=C(\C=N)c1cc(C(F)(F)F)nc(N2CCC2)n1. The summed E-state index contributed by atoms with van der Waals surface area (Å²) in [6, 6.07) is 0.800. The molecule has 0 unspecified atom stereocenters. The van der Waals surface area contributed by atoms with Gasteiger partial charge in [-0.05, 0) is 19.5 Å². The van der Waals surface area contributed by atoms with E-state index in [0.29, 0.717) is 26.2 Å². The topological polar surface area (TPSA) is 106 Å². The van der Waals surface area contributed by atoms with Crippen molar-refractivity contribution in [3.63, 3.8) is 0 Å². The summed E-state index contributed by atoms with van der Waals surface area (Å²) in [4.78, 5) is 21.0. The second kappa shape index (κ2) is 9.31. The van der Waals surface area contributed by atoms with Crippen molar-refractivity contribution in [2.45, 2.75) is 12.6 Å². The molecule has 0 aliphatic carbocycles. The number of halogens is 3. The Hall–Kier alpha value is -2.69.